The summed E-state index contributed by atoms with van der Waals surface area (Å²) in [6.07, 6.45) is 3.69. The molecule has 2 aromatic heterocycles. The Morgan fingerprint density at radius 3 is 2.71 bits per heavy atom. The highest BCUT2D eigenvalue weighted by Crippen LogP contribution is 2.47. The first-order valence-corrected chi connectivity index (χ1v) is 17.3. The molecule has 6 rings (SSSR count). The molecule has 2 fully saturated rings. The highest BCUT2D eigenvalue weighted by atomic mass is 32.2. The molecule has 0 spiro atoms. The van der Waals surface area contributed by atoms with Gasteiger partial charge in [-0.15, -0.1) is 10.9 Å². The van der Waals surface area contributed by atoms with Gasteiger partial charge in [-0.2, -0.15) is 9.97 Å². The van der Waals surface area contributed by atoms with E-state index in [0.29, 0.717) is 11.3 Å². The van der Waals surface area contributed by atoms with E-state index < -0.39 is 57.0 Å². The summed E-state index contributed by atoms with van der Waals surface area (Å²) in [5, 5.41) is 12.9. The lowest BCUT2D eigenvalue weighted by Gasteiger charge is -2.24. The van der Waals surface area contributed by atoms with Gasteiger partial charge in [0, 0.05) is 34.0 Å². The number of aromatic nitrogens is 4. The second-order valence-corrected chi connectivity index (χ2v) is 14.5. The van der Waals surface area contributed by atoms with E-state index in [1.165, 1.54) is 15.0 Å². The number of alkyl halides is 1. The average molecular weight is 697 g/mol. The molecular weight excluding hydrogens is 660 g/mol. The molecule has 2 aromatic carbocycles. The van der Waals surface area contributed by atoms with Gasteiger partial charge in [0.05, 0.1) is 12.4 Å². The Bertz CT molecular complexity index is 1900. The van der Waals surface area contributed by atoms with E-state index in [9.17, 15) is 14.5 Å². The maximum atomic E-state index is 16.5. The number of ether oxygens (including phenoxy) is 2. The van der Waals surface area contributed by atoms with Crippen LogP contribution in [-0.4, -0.2) is 84.4 Å². The van der Waals surface area contributed by atoms with Crippen LogP contribution in [0.25, 0.3) is 21.9 Å². The zero-order valence-electron chi connectivity index (χ0n) is 26.8. The van der Waals surface area contributed by atoms with E-state index in [2.05, 4.69) is 15.0 Å². The summed E-state index contributed by atoms with van der Waals surface area (Å²) in [6, 6.07) is 12.5. The Labute approximate surface area is 282 Å². The summed E-state index contributed by atoms with van der Waals surface area (Å²) in [5.41, 5.74) is 3.81. The van der Waals surface area contributed by atoms with Gasteiger partial charge in [-0.3, -0.25) is 9.36 Å². The van der Waals surface area contributed by atoms with Crippen molar-refractivity contribution in [3.8, 4) is 12.3 Å². The number of hydrogen-bond donors (Lipinski definition) is 2. The Balaban J connectivity index is 1.25. The van der Waals surface area contributed by atoms with Crippen LogP contribution in [-0.2, 0) is 23.4 Å². The largest absolute Gasteiger partial charge is 0.627 e. The number of terminal acetylenes is 1. The number of imidazole rings is 1. The minimum atomic E-state index is -2.78. The van der Waals surface area contributed by atoms with E-state index >= 15 is 4.39 Å². The highest BCUT2D eigenvalue weighted by Gasteiger charge is 2.59. The Kier molecular flexibility index (Phi) is 9.59. The lowest BCUT2D eigenvalue weighted by atomic mass is 9.97. The molecule has 16 heteroatoms. The number of halogens is 1. The monoisotopic (exact) mass is 696 g/mol. The van der Waals surface area contributed by atoms with Gasteiger partial charge in [-0.1, -0.05) is 42.3 Å². The van der Waals surface area contributed by atoms with Crippen molar-refractivity contribution >= 4 is 59.8 Å². The predicted molar refractivity (Wildman–Crippen MR) is 180 cm³/mol. The van der Waals surface area contributed by atoms with Crippen LogP contribution in [0.3, 0.4) is 0 Å². The molecule has 252 valence electrons. The fourth-order valence-electron chi connectivity index (χ4n) is 5.53. The van der Waals surface area contributed by atoms with Crippen molar-refractivity contribution in [2.45, 2.75) is 80.8 Å². The number of rotatable bonds is 12. The molecule has 1 unspecified atom stereocenters. The summed E-state index contributed by atoms with van der Waals surface area (Å²) in [7, 11) is -0.906. The van der Waals surface area contributed by atoms with E-state index in [4.69, 9.17) is 26.2 Å². The molecule has 1 saturated heterocycles. The molecule has 0 amide bonds. The molecule has 1 aliphatic heterocycles. The zero-order chi connectivity index (χ0) is 34.3. The van der Waals surface area contributed by atoms with E-state index in [0.717, 1.165) is 40.5 Å². The number of fused-ring (bicyclic) bond motifs is 2. The van der Waals surface area contributed by atoms with Gasteiger partial charge < -0.3 is 25.2 Å². The number of nitrogen functional groups attached to an aromatic ring is 1. The maximum absolute atomic E-state index is 16.5. The molecule has 0 bridgehead atoms. The molecule has 48 heavy (non-hydrogen) atoms. The number of aliphatic hydroxyl groups excluding tert-OH is 1. The molecule has 13 nitrogen and oxygen atoms in total. The van der Waals surface area contributed by atoms with Crippen molar-refractivity contribution in [1.29, 1.82) is 0 Å². The third-order valence-electron chi connectivity index (χ3n) is 8.24. The molecule has 6 atom stereocenters. The van der Waals surface area contributed by atoms with Gasteiger partial charge >= 0.3 is 14.1 Å². The molecule has 1 aliphatic carbocycles. The lowest BCUT2D eigenvalue weighted by molar-refractivity contribution is -0.150. The number of nitrogens with two attached hydrogens (primary N) is 1. The van der Waals surface area contributed by atoms with Crippen molar-refractivity contribution in [2.24, 2.45) is 0 Å². The number of hydrogen-bond acceptors (Lipinski definition) is 12. The van der Waals surface area contributed by atoms with Crippen molar-refractivity contribution in [3.63, 3.8) is 0 Å². The summed E-state index contributed by atoms with van der Waals surface area (Å²) < 4.78 is 49.9. The van der Waals surface area contributed by atoms with Crippen molar-refractivity contribution in [1.82, 2.24) is 23.6 Å². The van der Waals surface area contributed by atoms with Crippen LogP contribution < -0.4 is 10.6 Å². The van der Waals surface area contributed by atoms with Crippen molar-refractivity contribution < 1.29 is 32.9 Å². The van der Waals surface area contributed by atoms with Gasteiger partial charge in [-0.05, 0) is 55.0 Å². The number of aliphatic hydroxyl groups is 1. The average Bonchev–Trinajstić information content (AvgIpc) is 3.79. The highest BCUT2D eigenvalue weighted by molar-refractivity contribution is 8.00. The predicted octanol–water partition coefficient (Wildman–Crippen LogP) is 4.78. The smallest absolute Gasteiger partial charge is 0.462 e. The van der Waals surface area contributed by atoms with Gasteiger partial charge in [-0.25, -0.2) is 9.37 Å². The first-order valence-electron chi connectivity index (χ1n) is 15.4. The summed E-state index contributed by atoms with van der Waals surface area (Å²) in [4.78, 5) is 28.7. The number of benzene rings is 2. The third-order valence-corrected chi connectivity index (χ3v) is 11.0. The fraction of sp³-hybridized carbons (Fsp3) is 0.438. The molecular formula is C32H36FN7O6PS+. The fourth-order valence-corrected chi connectivity index (χ4v) is 7.83. The summed E-state index contributed by atoms with van der Waals surface area (Å²) in [5.74, 6) is 1.85. The Morgan fingerprint density at radius 2 is 2.00 bits per heavy atom. The number of carbonyl (C=O) groups excluding carboxylic acids is 1. The SMILES string of the molecule is C#C[C@@]1(F)[C@H](O)[C@@H](CO[P+](=O)N(Sc2cccc3ccccc23)[C@@H](C)C(=O)OC(C)C)O[C@H]1n1cnc2c(N(C)C3CC3)nc(N)nc21. The zero-order valence-corrected chi connectivity index (χ0v) is 28.5. The number of anilines is 2. The first-order chi connectivity index (χ1) is 22.9. The normalized spacial score (nSPS) is 23.5. The van der Waals surface area contributed by atoms with E-state index in [1.807, 2.05) is 60.3 Å². The number of carbonyl (C=O) groups is 1. The Morgan fingerprint density at radius 1 is 1.27 bits per heavy atom. The summed E-state index contributed by atoms with van der Waals surface area (Å²) >= 11 is 1.06. The van der Waals surface area contributed by atoms with Crippen LogP contribution >= 0.6 is 20.1 Å². The van der Waals surface area contributed by atoms with Gasteiger partial charge in [0.15, 0.2) is 29.3 Å². The van der Waals surface area contributed by atoms with E-state index in [1.54, 1.807) is 20.8 Å². The van der Waals surface area contributed by atoms with Crippen LogP contribution in [0.2, 0.25) is 0 Å². The molecule has 0 radical (unpaired) electrons. The van der Waals surface area contributed by atoms with Gasteiger partial charge in [0.25, 0.3) is 0 Å². The first kappa shape index (κ1) is 34.0. The second kappa shape index (κ2) is 13.5. The Hall–Kier alpha value is -3.90. The lowest BCUT2D eigenvalue weighted by Crippen LogP contribution is -2.42. The molecule has 3 N–H and O–H groups in total. The number of nitrogens with zero attached hydrogens (tertiary/aromatic N) is 6. The number of esters is 1. The minimum absolute atomic E-state index is 0.0544. The van der Waals surface area contributed by atoms with Crippen LogP contribution in [0.15, 0.2) is 53.7 Å². The van der Waals surface area contributed by atoms with Crippen LogP contribution in [0, 0.1) is 12.3 Å². The van der Waals surface area contributed by atoms with Gasteiger partial charge in [0.2, 0.25) is 11.6 Å². The van der Waals surface area contributed by atoms with Crippen LogP contribution in [0.4, 0.5) is 16.2 Å². The summed E-state index contributed by atoms with van der Waals surface area (Å²) in [6.45, 7) is 4.44. The van der Waals surface area contributed by atoms with Crippen LogP contribution in [0.1, 0.15) is 39.8 Å². The quantitative estimate of drug-likeness (QED) is 0.0903. The third kappa shape index (κ3) is 6.44. The molecule has 1 saturated carbocycles. The molecule has 4 aromatic rings. The maximum Gasteiger partial charge on any atom is 0.627 e. The topological polar surface area (TPSA) is 158 Å². The molecule has 2 aliphatic rings. The minimum Gasteiger partial charge on any atom is -0.462 e. The molecule has 3 heterocycles. The van der Waals surface area contributed by atoms with Crippen molar-refractivity contribution in [2.75, 3.05) is 24.3 Å². The van der Waals surface area contributed by atoms with Crippen molar-refractivity contribution in [3.05, 3.63) is 48.8 Å². The van der Waals surface area contributed by atoms with Gasteiger partial charge in [0.1, 0.15) is 18.8 Å². The second-order valence-electron chi connectivity index (χ2n) is 12.0. The van der Waals surface area contributed by atoms with E-state index in [-0.39, 0.29) is 17.6 Å². The standard InChI is InChI=1S/C32H36FN7O6PS/c1-6-32(33)26(41)23(46-30(32)39-17-35-25-27(38(5)21-14-15-21)36-31(34)37-28(25)39)16-44-47(43)40(19(4)29(42)45-18(2)3)48-24-13-9-11-20-10-7-8-12-22(20)24/h1,7-13,17-19,21,23,26,30,41H,14-16H2,2-5H3,(H2,34,36,37)/q+1/t19-,23+,26+,30+,32+/m0/s1. The van der Waals surface area contributed by atoms with Crippen LogP contribution in [0.5, 0.6) is 0 Å².